The van der Waals surface area contributed by atoms with E-state index in [4.69, 9.17) is 10.8 Å². The molecule has 47 heavy (non-hydrogen) atoms. The standard InChI is InChI=1S/C28H47FN4.C9H16N2S.CH4O/c1-7-13-33(26(8-2)19-31-24(6)23(5)16-22(4)18-30)27-11-14-32(15-12-27)20-25-10-9-21(3)17-28(25)29;1-7(10-9-5-6-9)8(2)11-12(3)4;1-2/h9-10,16-18,24,26-27,31H,7-8,11-15,19-20,30H2,1-6H3;9-10H,1,3,5-6H2,2,4H3;2H,1H3/b22-18-,23-16-;11-8-;. The van der Waals surface area contributed by atoms with E-state index in [1.165, 1.54) is 24.8 Å². The molecule has 1 saturated carbocycles. The molecule has 9 heteroatoms. The molecule has 5 N–H and O–H groups in total. The van der Waals surface area contributed by atoms with Crippen LogP contribution in [0, 0.1) is 12.7 Å². The number of likely N-dealkylation sites (tertiary alicyclic amines) is 1. The second-order valence-electron chi connectivity index (χ2n) is 13.0. The number of hydrogen-bond donors (Lipinski definition) is 4. The number of nitrogens with zero attached hydrogens (tertiary/aromatic N) is 3. The Morgan fingerprint density at radius 1 is 1.19 bits per heavy atom. The molecule has 1 saturated heterocycles. The molecule has 1 aliphatic carbocycles. The number of aliphatic hydroxyl groups excluding tert-OH is 1. The molecule has 2 aliphatic rings. The van der Waals surface area contributed by atoms with Crippen molar-refractivity contribution < 1.29 is 9.50 Å². The average molecular weight is 675 g/mol. The Kier molecular flexibility index (Phi) is 21.0. The van der Waals surface area contributed by atoms with Gasteiger partial charge in [-0.25, -0.2) is 8.79 Å². The van der Waals surface area contributed by atoms with Gasteiger partial charge in [-0.2, -0.15) is 0 Å². The van der Waals surface area contributed by atoms with Crippen molar-refractivity contribution in [2.45, 2.75) is 118 Å². The van der Waals surface area contributed by atoms with Gasteiger partial charge in [0.1, 0.15) is 5.82 Å². The highest BCUT2D eigenvalue weighted by Crippen LogP contribution is 2.23. The van der Waals surface area contributed by atoms with E-state index in [0.29, 0.717) is 30.7 Å². The van der Waals surface area contributed by atoms with E-state index in [0.717, 1.165) is 80.7 Å². The summed E-state index contributed by atoms with van der Waals surface area (Å²) in [6.45, 7) is 23.8. The van der Waals surface area contributed by atoms with Crippen LogP contribution in [0.4, 0.5) is 4.39 Å². The van der Waals surface area contributed by atoms with Crippen molar-refractivity contribution in [1.29, 1.82) is 0 Å². The molecule has 0 spiro atoms. The summed E-state index contributed by atoms with van der Waals surface area (Å²) in [6.07, 6.45) is 13.0. The fourth-order valence-electron chi connectivity index (χ4n) is 5.72. The number of aliphatic hydroxyl groups is 1. The van der Waals surface area contributed by atoms with Crippen molar-refractivity contribution in [1.82, 2.24) is 20.4 Å². The summed E-state index contributed by atoms with van der Waals surface area (Å²) < 4.78 is 18.6. The number of aryl methyl sites for hydroxylation is 1. The van der Waals surface area contributed by atoms with Crippen molar-refractivity contribution in [3.8, 4) is 0 Å². The van der Waals surface area contributed by atoms with Crippen LogP contribution in [-0.4, -0.2) is 90.2 Å². The minimum Gasteiger partial charge on any atom is -0.404 e. The molecule has 1 aromatic rings. The Labute approximate surface area is 289 Å². The lowest BCUT2D eigenvalue weighted by Crippen LogP contribution is -2.52. The smallest absolute Gasteiger partial charge is 0.127 e. The molecule has 3 atom stereocenters. The van der Waals surface area contributed by atoms with Gasteiger partial charge in [0.2, 0.25) is 0 Å². The van der Waals surface area contributed by atoms with E-state index in [2.05, 4.69) is 71.1 Å². The van der Waals surface area contributed by atoms with Gasteiger partial charge in [-0.1, -0.05) is 60.7 Å². The summed E-state index contributed by atoms with van der Waals surface area (Å²) in [5.74, 6) is 3.76. The van der Waals surface area contributed by atoms with Crippen molar-refractivity contribution >= 4 is 22.3 Å². The molecule has 0 bridgehead atoms. The van der Waals surface area contributed by atoms with Gasteiger partial charge in [0.25, 0.3) is 0 Å². The third-order valence-corrected chi connectivity index (χ3v) is 9.38. The molecule has 1 aliphatic heterocycles. The lowest BCUT2D eigenvalue weighted by atomic mass is 9.98. The van der Waals surface area contributed by atoms with Crippen LogP contribution in [-0.2, 0) is 6.54 Å². The van der Waals surface area contributed by atoms with E-state index < -0.39 is 0 Å². The fourth-order valence-corrected chi connectivity index (χ4v) is 6.30. The Morgan fingerprint density at radius 3 is 2.34 bits per heavy atom. The summed E-state index contributed by atoms with van der Waals surface area (Å²) in [4.78, 5) is 5.16. The SMILES string of the molecule is C=C(NC1CC1)/C(C)=N\S(=C)C.CCCN(C1CCN(Cc2ccc(C)cc2F)CC1)C(CC)CNC(C)/C(C)=C\C(C)=C/N.CO. The van der Waals surface area contributed by atoms with E-state index >= 15 is 0 Å². The van der Waals surface area contributed by atoms with Gasteiger partial charge in [0.15, 0.2) is 0 Å². The highest BCUT2D eigenvalue weighted by atomic mass is 32.2. The minimum atomic E-state index is -0.124. The number of nitrogens with one attached hydrogen (secondary N) is 2. The highest BCUT2D eigenvalue weighted by Gasteiger charge is 2.29. The van der Waals surface area contributed by atoms with Crippen LogP contribution in [0.5, 0.6) is 0 Å². The second kappa shape index (κ2) is 23.1. The van der Waals surface area contributed by atoms with E-state index in [1.54, 1.807) is 12.3 Å². The molecular formula is C38H67FN6OS. The van der Waals surface area contributed by atoms with Crippen LogP contribution in [0.3, 0.4) is 0 Å². The third-order valence-electron chi connectivity index (χ3n) is 8.80. The number of benzene rings is 1. The number of halogens is 1. The number of piperidine rings is 1. The van der Waals surface area contributed by atoms with Gasteiger partial charge < -0.3 is 21.5 Å². The van der Waals surface area contributed by atoms with Gasteiger partial charge in [-0.15, -0.1) is 0 Å². The summed E-state index contributed by atoms with van der Waals surface area (Å²) in [6, 6.07) is 7.72. The lowest BCUT2D eigenvalue weighted by Gasteiger charge is -2.42. The third kappa shape index (κ3) is 16.6. The maximum Gasteiger partial charge on any atom is 0.127 e. The Balaban J connectivity index is 0.000000657. The minimum absolute atomic E-state index is 0.0718. The van der Waals surface area contributed by atoms with Crippen LogP contribution in [0.25, 0.3) is 0 Å². The van der Waals surface area contributed by atoms with Crippen LogP contribution in [0.1, 0.15) is 91.2 Å². The summed E-state index contributed by atoms with van der Waals surface area (Å²) in [5.41, 5.74) is 11.8. The predicted octanol–water partition coefficient (Wildman–Crippen LogP) is 6.94. The highest BCUT2D eigenvalue weighted by molar-refractivity contribution is 8.12. The number of hydrogen-bond acceptors (Lipinski definition) is 7. The zero-order valence-corrected chi connectivity index (χ0v) is 31.9. The molecule has 7 nitrogen and oxygen atoms in total. The molecular weight excluding hydrogens is 608 g/mol. The molecule has 268 valence electrons. The summed E-state index contributed by atoms with van der Waals surface area (Å²) in [7, 11) is 0.876. The Hall–Kier alpha value is -2.30. The molecule has 0 aromatic heterocycles. The predicted molar refractivity (Wildman–Crippen MR) is 207 cm³/mol. The summed E-state index contributed by atoms with van der Waals surface area (Å²) >= 11 is 0. The average Bonchev–Trinajstić information content (AvgIpc) is 3.87. The topological polar surface area (TPSA) is 89.2 Å². The maximum absolute atomic E-state index is 14.3. The van der Waals surface area contributed by atoms with Crippen LogP contribution in [0.15, 0.2) is 58.3 Å². The van der Waals surface area contributed by atoms with Crippen molar-refractivity contribution in [2.24, 2.45) is 10.1 Å². The fraction of sp³-hybridized carbons (Fsp3) is 0.632. The van der Waals surface area contributed by atoms with Crippen molar-refractivity contribution in [3.63, 3.8) is 0 Å². The van der Waals surface area contributed by atoms with E-state index in [1.807, 2.05) is 39.2 Å². The first kappa shape index (κ1) is 42.7. The van der Waals surface area contributed by atoms with E-state index in [9.17, 15) is 4.39 Å². The largest absolute Gasteiger partial charge is 0.404 e. The quantitative estimate of drug-likeness (QED) is 0.0863. The number of allylic oxidation sites excluding steroid dienone is 3. The Morgan fingerprint density at radius 2 is 1.83 bits per heavy atom. The van der Waals surface area contributed by atoms with Crippen LogP contribution >= 0.6 is 10.7 Å². The summed E-state index contributed by atoms with van der Waals surface area (Å²) in [5, 5.41) is 14.1. The first-order valence-corrected chi connectivity index (χ1v) is 19.1. The van der Waals surface area contributed by atoms with Gasteiger partial charge in [-0.3, -0.25) is 9.80 Å². The lowest BCUT2D eigenvalue weighted by molar-refractivity contribution is 0.0673. The van der Waals surface area contributed by atoms with Gasteiger partial charge in [0, 0.05) is 55.6 Å². The van der Waals surface area contributed by atoms with Gasteiger partial charge in [-0.05, 0) is 122 Å². The molecule has 0 amide bonds. The molecule has 1 aromatic carbocycles. The van der Waals surface area contributed by atoms with Gasteiger partial charge in [0.05, 0.1) is 5.71 Å². The van der Waals surface area contributed by atoms with Crippen molar-refractivity contribution in [2.75, 3.05) is 39.5 Å². The monoisotopic (exact) mass is 675 g/mol. The van der Waals surface area contributed by atoms with Crippen molar-refractivity contribution in [3.05, 3.63) is 70.8 Å². The second-order valence-corrected chi connectivity index (χ2v) is 14.4. The maximum atomic E-state index is 14.3. The Bertz CT molecular complexity index is 1190. The zero-order valence-electron chi connectivity index (χ0n) is 31.0. The molecule has 0 radical (unpaired) electrons. The molecule has 1 heterocycles. The molecule has 3 unspecified atom stereocenters. The zero-order chi connectivity index (χ0) is 35.5. The van der Waals surface area contributed by atoms with E-state index in [-0.39, 0.29) is 16.5 Å². The first-order chi connectivity index (χ1) is 22.4. The van der Waals surface area contributed by atoms with Crippen LogP contribution < -0.4 is 16.4 Å². The van der Waals surface area contributed by atoms with Crippen LogP contribution in [0.2, 0.25) is 0 Å². The number of nitrogens with two attached hydrogens (primary N) is 1. The molecule has 2 fully saturated rings. The van der Waals surface area contributed by atoms with Gasteiger partial charge >= 0.3 is 0 Å². The normalized spacial score (nSPS) is 18.4. The number of rotatable bonds is 16. The first-order valence-electron chi connectivity index (χ1n) is 17.3. The molecule has 3 rings (SSSR count).